The largest absolute Gasteiger partial charge is 0.480 e. The highest BCUT2D eigenvalue weighted by Gasteiger charge is 2.31. The van der Waals surface area contributed by atoms with Crippen LogP contribution in [0.25, 0.3) is 11.7 Å². The molecule has 1 aliphatic rings. The molecule has 0 spiro atoms. The second-order valence-electron chi connectivity index (χ2n) is 4.97. The Bertz CT molecular complexity index is 603. The molecule has 20 heavy (non-hydrogen) atoms. The number of oxazole rings is 1. The van der Waals surface area contributed by atoms with Crippen molar-refractivity contribution in [3.63, 3.8) is 0 Å². The van der Waals surface area contributed by atoms with Crippen LogP contribution in [0.2, 0.25) is 0 Å². The Morgan fingerprint density at radius 3 is 3.15 bits per heavy atom. The Morgan fingerprint density at radius 1 is 1.60 bits per heavy atom. The van der Waals surface area contributed by atoms with Crippen LogP contribution >= 0.6 is 0 Å². The number of hydrogen-bond donors (Lipinski definition) is 1. The van der Waals surface area contributed by atoms with Crippen molar-refractivity contribution in [2.45, 2.75) is 32.4 Å². The number of likely N-dealkylation sites (tertiary alicyclic amines) is 1. The summed E-state index contributed by atoms with van der Waals surface area (Å²) >= 11 is 0. The number of carbonyl (C=O) groups is 1. The van der Waals surface area contributed by atoms with E-state index in [1.54, 1.807) is 18.4 Å². The average Bonchev–Trinajstić information content (AvgIpc) is 3.11. The summed E-state index contributed by atoms with van der Waals surface area (Å²) in [4.78, 5) is 17.5. The molecule has 6 nitrogen and oxygen atoms in total. The second-order valence-corrected chi connectivity index (χ2v) is 4.97. The van der Waals surface area contributed by atoms with Gasteiger partial charge in [0.05, 0.1) is 12.0 Å². The highest BCUT2D eigenvalue weighted by atomic mass is 16.4. The van der Waals surface area contributed by atoms with Gasteiger partial charge in [0.1, 0.15) is 11.8 Å². The van der Waals surface area contributed by atoms with E-state index in [0.29, 0.717) is 30.4 Å². The van der Waals surface area contributed by atoms with Gasteiger partial charge in [-0.05, 0) is 38.4 Å². The number of carboxylic acids is 1. The number of furan rings is 1. The molecule has 106 valence electrons. The Morgan fingerprint density at radius 2 is 2.45 bits per heavy atom. The van der Waals surface area contributed by atoms with Crippen LogP contribution in [-0.2, 0) is 11.3 Å². The van der Waals surface area contributed by atoms with Crippen molar-refractivity contribution >= 4 is 5.97 Å². The number of hydrogen-bond acceptors (Lipinski definition) is 5. The minimum atomic E-state index is -0.769. The Hall–Kier alpha value is -2.08. The zero-order chi connectivity index (χ0) is 14.1. The van der Waals surface area contributed by atoms with E-state index < -0.39 is 12.0 Å². The molecule has 0 saturated carbocycles. The molecule has 0 aliphatic carbocycles. The molecule has 0 bridgehead atoms. The number of rotatable bonds is 4. The van der Waals surface area contributed by atoms with Crippen LogP contribution < -0.4 is 0 Å². The summed E-state index contributed by atoms with van der Waals surface area (Å²) in [7, 11) is 0. The molecule has 2 aromatic heterocycles. The van der Waals surface area contributed by atoms with Gasteiger partial charge in [0.15, 0.2) is 5.76 Å². The van der Waals surface area contributed by atoms with Gasteiger partial charge in [0.25, 0.3) is 5.89 Å². The summed E-state index contributed by atoms with van der Waals surface area (Å²) in [6.45, 7) is 3.10. The molecule has 6 heteroatoms. The van der Waals surface area contributed by atoms with Crippen LogP contribution in [0.5, 0.6) is 0 Å². The first-order chi connectivity index (χ1) is 9.65. The Kier molecular flexibility index (Phi) is 3.31. The Balaban J connectivity index is 1.79. The van der Waals surface area contributed by atoms with Crippen LogP contribution in [0, 0.1) is 6.92 Å². The molecule has 1 saturated heterocycles. The summed E-state index contributed by atoms with van der Waals surface area (Å²) in [6, 6.07) is 3.14. The summed E-state index contributed by atoms with van der Waals surface area (Å²) in [6.07, 6.45) is 3.16. The average molecular weight is 276 g/mol. The first-order valence-corrected chi connectivity index (χ1v) is 6.62. The zero-order valence-electron chi connectivity index (χ0n) is 11.2. The second kappa shape index (κ2) is 5.13. The number of carboxylic acid groups (broad SMARTS) is 1. The van der Waals surface area contributed by atoms with E-state index in [2.05, 4.69) is 4.98 Å². The molecule has 1 fully saturated rings. The lowest BCUT2D eigenvalue weighted by Crippen LogP contribution is -2.35. The van der Waals surface area contributed by atoms with Crippen molar-refractivity contribution in [2.75, 3.05) is 6.54 Å². The van der Waals surface area contributed by atoms with Gasteiger partial charge in [-0.1, -0.05) is 0 Å². The molecule has 0 radical (unpaired) electrons. The van der Waals surface area contributed by atoms with Crippen LogP contribution in [0.4, 0.5) is 0 Å². The molecule has 3 heterocycles. The minimum absolute atomic E-state index is 0.418. The zero-order valence-corrected chi connectivity index (χ0v) is 11.2. The fourth-order valence-electron chi connectivity index (χ4n) is 2.57. The first-order valence-electron chi connectivity index (χ1n) is 6.62. The number of aromatic nitrogens is 1. The van der Waals surface area contributed by atoms with Crippen molar-refractivity contribution in [3.05, 3.63) is 29.9 Å². The van der Waals surface area contributed by atoms with Crippen LogP contribution in [0.1, 0.15) is 24.3 Å². The number of nitrogens with zero attached hydrogens (tertiary/aromatic N) is 2. The number of aryl methyl sites for hydroxylation is 1. The van der Waals surface area contributed by atoms with E-state index in [4.69, 9.17) is 8.83 Å². The van der Waals surface area contributed by atoms with E-state index in [0.717, 1.165) is 18.7 Å². The fraction of sp³-hybridized carbons (Fsp3) is 0.429. The summed E-state index contributed by atoms with van der Waals surface area (Å²) in [5.41, 5.74) is 0.768. The highest BCUT2D eigenvalue weighted by molar-refractivity contribution is 5.73. The van der Waals surface area contributed by atoms with E-state index in [1.807, 2.05) is 11.8 Å². The van der Waals surface area contributed by atoms with Gasteiger partial charge in [-0.2, -0.15) is 0 Å². The standard InChI is InChI=1S/C14H16N2O4/c1-9-10(8-16-6-2-4-11(16)14(17)18)15-13(20-9)12-5-3-7-19-12/h3,5,7,11H,2,4,6,8H2,1H3,(H,17,18). The summed E-state index contributed by atoms with van der Waals surface area (Å²) < 4.78 is 10.8. The maximum Gasteiger partial charge on any atom is 0.320 e. The van der Waals surface area contributed by atoms with E-state index in [1.165, 1.54) is 0 Å². The lowest BCUT2D eigenvalue weighted by atomic mass is 10.2. The first kappa shape index (κ1) is 12.9. The Labute approximate surface area is 116 Å². The molecule has 1 atom stereocenters. The van der Waals surface area contributed by atoms with Crippen LogP contribution in [0.15, 0.2) is 27.2 Å². The molecular weight excluding hydrogens is 260 g/mol. The fourth-order valence-corrected chi connectivity index (χ4v) is 2.57. The lowest BCUT2D eigenvalue weighted by Gasteiger charge is -2.19. The molecule has 0 amide bonds. The molecule has 0 aromatic carbocycles. The monoisotopic (exact) mass is 276 g/mol. The highest BCUT2D eigenvalue weighted by Crippen LogP contribution is 2.25. The minimum Gasteiger partial charge on any atom is -0.480 e. The van der Waals surface area contributed by atoms with Gasteiger partial charge in [0, 0.05) is 6.54 Å². The van der Waals surface area contributed by atoms with Gasteiger partial charge in [-0.15, -0.1) is 0 Å². The van der Waals surface area contributed by atoms with Crippen molar-refractivity contribution in [2.24, 2.45) is 0 Å². The SMILES string of the molecule is Cc1oc(-c2ccco2)nc1CN1CCCC1C(=O)O. The molecule has 1 unspecified atom stereocenters. The van der Waals surface area contributed by atoms with Crippen LogP contribution in [0.3, 0.4) is 0 Å². The third-order valence-corrected chi connectivity index (χ3v) is 3.63. The molecular formula is C14H16N2O4. The smallest absolute Gasteiger partial charge is 0.320 e. The quantitative estimate of drug-likeness (QED) is 0.923. The van der Waals surface area contributed by atoms with Crippen molar-refractivity contribution in [3.8, 4) is 11.7 Å². The molecule has 2 aromatic rings. The van der Waals surface area contributed by atoms with Crippen molar-refractivity contribution < 1.29 is 18.7 Å². The predicted molar refractivity (Wildman–Crippen MR) is 70.0 cm³/mol. The maximum atomic E-state index is 11.2. The predicted octanol–water partition coefficient (Wildman–Crippen LogP) is 2.29. The summed E-state index contributed by atoms with van der Waals surface area (Å²) in [5.74, 6) is 0.950. The third-order valence-electron chi connectivity index (χ3n) is 3.63. The lowest BCUT2D eigenvalue weighted by molar-refractivity contribution is -0.142. The third kappa shape index (κ3) is 2.34. The van der Waals surface area contributed by atoms with Crippen molar-refractivity contribution in [1.82, 2.24) is 9.88 Å². The van der Waals surface area contributed by atoms with E-state index in [9.17, 15) is 9.90 Å². The van der Waals surface area contributed by atoms with Crippen molar-refractivity contribution in [1.29, 1.82) is 0 Å². The number of aliphatic carboxylic acids is 1. The van der Waals surface area contributed by atoms with E-state index >= 15 is 0 Å². The normalized spacial score (nSPS) is 19.6. The van der Waals surface area contributed by atoms with Gasteiger partial charge >= 0.3 is 5.97 Å². The summed E-state index contributed by atoms with van der Waals surface area (Å²) in [5, 5.41) is 9.19. The van der Waals surface area contributed by atoms with Crippen LogP contribution in [-0.4, -0.2) is 33.5 Å². The topological polar surface area (TPSA) is 79.7 Å². The van der Waals surface area contributed by atoms with Gasteiger partial charge in [0.2, 0.25) is 0 Å². The molecule has 1 N–H and O–H groups in total. The maximum absolute atomic E-state index is 11.2. The van der Waals surface area contributed by atoms with Gasteiger partial charge in [-0.25, -0.2) is 4.98 Å². The van der Waals surface area contributed by atoms with Gasteiger partial charge < -0.3 is 13.9 Å². The van der Waals surface area contributed by atoms with Gasteiger partial charge in [-0.3, -0.25) is 9.69 Å². The van der Waals surface area contributed by atoms with E-state index in [-0.39, 0.29) is 0 Å². The molecule has 3 rings (SSSR count). The molecule has 1 aliphatic heterocycles.